The fourth-order valence-corrected chi connectivity index (χ4v) is 1.36. The van der Waals surface area contributed by atoms with Gasteiger partial charge in [0.15, 0.2) is 0 Å². The van der Waals surface area contributed by atoms with Gasteiger partial charge in [-0.25, -0.2) is 0 Å². The summed E-state index contributed by atoms with van der Waals surface area (Å²) >= 11 is 0. The molecule has 1 rings (SSSR count). The molecule has 0 amide bonds. The molecule has 0 fully saturated rings. The molecule has 0 aliphatic heterocycles. The van der Waals surface area contributed by atoms with Gasteiger partial charge in [-0.15, -0.1) is 0 Å². The third kappa shape index (κ3) is 2.99. The molecule has 1 atom stereocenters. The van der Waals surface area contributed by atoms with Crippen LogP contribution in [0.3, 0.4) is 0 Å². The van der Waals surface area contributed by atoms with Crippen LogP contribution in [0, 0.1) is 0 Å². The van der Waals surface area contributed by atoms with Gasteiger partial charge in [0.1, 0.15) is 5.78 Å². The summed E-state index contributed by atoms with van der Waals surface area (Å²) in [6.45, 7) is 1.62. The van der Waals surface area contributed by atoms with Gasteiger partial charge in [-0.2, -0.15) is 0 Å². The molecule has 0 heterocycles. The average molecular weight is 177 g/mol. The van der Waals surface area contributed by atoms with Gasteiger partial charge in [0.25, 0.3) is 0 Å². The van der Waals surface area contributed by atoms with Crippen LogP contribution in [0.25, 0.3) is 0 Å². The van der Waals surface area contributed by atoms with Crippen molar-refractivity contribution in [3.63, 3.8) is 0 Å². The molecule has 1 unspecified atom stereocenters. The van der Waals surface area contributed by atoms with Crippen LogP contribution in [0.15, 0.2) is 30.3 Å². The minimum absolute atomic E-state index is 0.152. The minimum Gasteiger partial charge on any atom is -0.313 e. The summed E-state index contributed by atoms with van der Waals surface area (Å²) < 4.78 is 0. The molecule has 0 aliphatic rings. The Bertz CT molecular complexity index is 269. The topological polar surface area (TPSA) is 29.1 Å². The maximum Gasteiger partial charge on any atom is 0.131 e. The Balaban J connectivity index is 2.73. The molecule has 13 heavy (non-hydrogen) atoms. The van der Waals surface area contributed by atoms with E-state index in [1.54, 1.807) is 6.92 Å². The van der Waals surface area contributed by atoms with Gasteiger partial charge in [0, 0.05) is 12.5 Å². The molecular weight excluding hydrogens is 162 g/mol. The van der Waals surface area contributed by atoms with Gasteiger partial charge in [0.2, 0.25) is 0 Å². The Labute approximate surface area is 79.0 Å². The number of Topliss-reactive ketones (excluding diaryl/α,β-unsaturated/α-hetero) is 1. The first-order chi connectivity index (χ1) is 6.24. The SMILES string of the molecule is CNC(CC(C)=O)c1ccccc1. The van der Waals surface area contributed by atoms with E-state index in [0.717, 1.165) is 0 Å². The first-order valence-electron chi connectivity index (χ1n) is 4.45. The number of hydrogen-bond donors (Lipinski definition) is 1. The maximum absolute atomic E-state index is 10.9. The summed E-state index contributed by atoms with van der Waals surface area (Å²) in [7, 11) is 1.88. The predicted molar refractivity (Wildman–Crippen MR) is 53.5 cm³/mol. The zero-order valence-corrected chi connectivity index (χ0v) is 8.08. The Morgan fingerprint density at radius 1 is 1.38 bits per heavy atom. The lowest BCUT2D eigenvalue weighted by Gasteiger charge is -2.14. The molecule has 1 N–H and O–H groups in total. The van der Waals surface area contributed by atoms with Crippen LogP contribution < -0.4 is 5.32 Å². The molecule has 0 saturated heterocycles. The normalized spacial score (nSPS) is 12.5. The van der Waals surface area contributed by atoms with E-state index in [1.165, 1.54) is 5.56 Å². The highest BCUT2D eigenvalue weighted by molar-refractivity contribution is 5.76. The lowest BCUT2D eigenvalue weighted by Crippen LogP contribution is -2.18. The van der Waals surface area contributed by atoms with Gasteiger partial charge >= 0.3 is 0 Å². The fraction of sp³-hybridized carbons (Fsp3) is 0.364. The largest absolute Gasteiger partial charge is 0.313 e. The molecule has 2 nitrogen and oxygen atoms in total. The van der Waals surface area contributed by atoms with E-state index in [2.05, 4.69) is 5.32 Å². The first-order valence-corrected chi connectivity index (χ1v) is 4.45. The standard InChI is InChI=1S/C11H15NO/c1-9(13)8-11(12-2)10-6-4-3-5-7-10/h3-7,11-12H,8H2,1-2H3. The fourth-order valence-electron chi connectivity index (χ4n) is 1.36. The van der Waals surface area contributed by atoms with Crippen LogP contribution in [0.4, 0.5) is 0 Å². The quantitative estimate of drug-likeness (QED) is 0.761. The average Bonchev–Trinajstić information content (AvgIpc) is 2.15. The van der Waals surface area contributed by atoms with E-state index < -0.39 is 0 Å². The van der Waals surface area contributed by atoms with E-state index in [0.29, 0.717) is 6.42 Å². The number of ketones is 1. The highest BCUT2D eigenvalue weighted by atomic mass is 16.1. The number of hydrogen-bond acceptors (Lipinski definition) is 2. The van der Waals surface area contributed by atoms with Crippen molar-refractivity contribution in [1.29, 1.82) is 0 Å². The second-order valence-electron chi connectivity index (χ2n) is 3.16. The van der Waals surface area contributed by atoms with E-state index in [1.807, 2.05) is 37.4 Å². The Hall–Kier alpha value is -1.15. The highest BCUT2D eigenvalue weighted by Gasteiger charge is 2.09. The number of nitrogens with one attached hydrogen (secondary N) is 1. The van der Waals surface area contributed by atoms with Crippen LogP contribution >= 0.6 is 0 Å². The van der Waals surface area contributed by atoms with Crippen LogP contribution in [-0.2, 0) is 4.79 Å². The lowest BCUT2D eigenvalue weighted by molar-refractivity contribution is -0.117. The monoisotopic (exact) mass is 177 g/mol. The van der Waals surface area contributed by atoms with E-state index in [-0.39, 0.29) is 11.8 Å². The Morgan fingerprint density at radius 2 is 2.00 bits per heavy atom. The molecule has 0 bridgehead atoms. The molecule has 0 spiro atoms. The molecule has 1 aromatic rings. The summed E-state index contributed by atoms with van der Waals surface area (Å²) in [6.07, 6.45) is 0.556. The molecule has 0 saturated carbocycles. The number of carbonyl (C=O) groups excluding carboxylic acids is 1. The second kappa shape index (κ2) is 4.77. The zero-order chi connectivity index (χ0) is 9.68. The minimum atomic E-state index is 0.152. The molecule has 0 aromatic heterocycles. The Kier molecular flexibility index (Phi) is 3.65. The van der Waals surface area contributed by atoms with Crippen LogP contribution in [0.2, 0.25) is 0 Å². The van der Waals surface area contributed by atoms with Crippen molar-refractivity contribution in [3.05, 3.63) is 35.9 Å². The van der Waals surface area contributed by atoms with Gasteiger partial charge in [-0.3, -0.25) is 4.79 Å². The third-order valence-corrected chi connectivity index (χ3v) is 2.04. The number of benzene rings is 1. The van der Waals surface area contributed by atoms with E-state index in [9.17, 15) is 4.79 Å². The van der Waals surface area contributed by atoms with Gasteiger partial charge < -0.3 is 5.32 Å². The van der Waals surface area contributed by atoms with Crippen LogP contribution in [0.1, 0.15) is 24.9 Å². The molecule has 0 radical (unpaired) electrons. The summed E-state index contributed by atoms with van der Waals surface area (Å²) in [5.41, 5.74) is 1.17. The molecule has 0 aliphatic carbocycles. The van der Waals surface area contributed by atoms with Gasteiger partial charge in [0.05, 0.1) is 0 Å². The van der Waals surface area contributed by atoms with Gasteiger partial charge in [-0.05, 0) is 19.5 Å². The van der Waals surface area contributed by atoms with Crippen molar-refractivity contribution < 1.29 is 4.79 Å². The number of carbonyl (C=O) groups is 1. The summed E-state index contributed by atoms with van der Waals surface area (Å²) in [4.78, 5) is 10.9. The van der Waals surface area contributed by atoms with E-state index in [4.69, 9.17) is 0 Å². The molecular formula is C11H15NO. The molecule has 1 aromatic carbocycles. The summed E-state index contributed by atoms with van der Waals surface area (Å²) in [5.74, 6) is 0.211. The lowest BCUT2D eigenvalue weighted by atomic mass is 10.0. The summed E-state index contributed by atoms with van der Waals surface area (Å²) in [6, 6.07) is 10.2. The number of rotatable bonds is 4. The van der Waals surface area contributed by atoms with Crippen molar-refractivity contribution in [3.8, 4) is 0 Å². The Morgan fingerprint density at radius 3 is 2.46 bits per heavy atom. The van der Waals surface area contributed by atoms with Gasteiger partial charge in [-0.1, -0.05) is 30.3 Å². The van der Waals surface area contributed by atoms with Crippen LogP contribution in [0.5, 0.6) is 0 Å². The highest BCUT2D eigenvalue weighted by Crippen LogP contribution is 2.15. The second-order valence-corrected chi connectivity index (χ2v) is 3.16. The molecule has 2 heteroatoms. The van der Waals surface area contributed by atoms with Crippen molar-refractivity contribution in [1.82, 2.24) is 5.32 Å². The van der Waals surface area contributed by atoms with Crippen molar-refractivity contribution >= 4 is 5.78 Å². The molecule has 70 valence electrons. The van der Waals surface area contributed by atoms with Crippen LogP contribution in [-0.4, -0.2) is 12.8 Å². The third-order valence-electron chi connectivity index (χ3n) is 2.04. The maximum atomic E-state index is 10.9. The predicted octanol–water partition coefficient (Wildman–Crippen LogP) is 1.93. The first kappa shape index (κ1) is 9.93. The van der Waals surface area contributed by atoms with E-state index >= 15 is 0 Å². The van der Waals surface area contributed by atoms with Crippen molar-refractivity contribution in [2.75, 3.05) is 7.05 Å². The van der Waals surface area contributed by atoms with Crippen molar-refractivity contribution in [2.45, 2.75) is 19.4 Å². The smallest absolute Gasteiger partial charge is 0.131 e. The zero-order valence-electron chi connectivity index (χ0n) is 8.08. The summed E-state index contributed by atoms with van der Waals surface area (Å²) in [5, 5.41) is 3.13. The van der Waals surface area contributed by atoms with Crippen molar-refractivity contribution in [2.24, 2.45) is 0 Å².